The van der Waals surface area contributed by atoms with Crippen molar-refractivity contribution in [1.82, 2.24) is 50.6 Å². The maximum Gasteiger partial charge on any atom is 0.251 e. The summed E-state index contributed by atoms with van der Waals surface area (Å²) < 4.78 is 18.9. The van der Waals surface area contributed by atoms with E-state index in [1.807, 2.05) is 62.0 Å². The van der Waals surface area contributed by atoms with E-state index in [9.17, 15) is 19.2 Å². The zero-order valence-electron chi connectivity index (χ0n) is 40.8. The van der Waals surface area contributed by atoms with Crippen molar-refractivity contribution in [3.8, 4) is 21.9 Å². The van der Waals surface area contributed by atoms with E-state index in [0.29, 0.717) is 54.9 Å². The molecule has 1 saturated heterocycles. The number of anilines is 3. The fourth-order valence-electron chi connectivity index (χ4n) is 9.46. The van der Waals surface area contributed by atoms with Gasteiger partial charge in [-0.3, -0.25) is 23.7 Å². The van der Waals surface area contributed by atoms with E-state index < -0.39 is 23.4 Å². The molecule has 3 aromatic heterocycles. The summed E-state index contributed by atoms with van der Waals surface area (Å²) in [5.74, 6) is 1.31. The third-order valence-electron chi connectivity index (χ3n) is 13.1. The van der Waals surface area contributed by atoms with E-state index in [1.54, 1.807) is 54.1 Å². The Hall–Kier alpha value is -6.51. The number of nitrogens with zero attached hydrogens (tertiary/aromatic N) is 8. The minimum absolute atomic E-state index is 0.0527. The number of aryl methyl sites for hydroxylation is 1. The van der Waals surface area contributed by atoms with Crippen LogP contribution in [0.15, 0.2) is 60.5 Å². The molecule has 0 radical (unpaired) electrons. The summed E-state index contributed by atoms with van der Waals surface area (Å²) in [6.07, 6.45) is 10.2. The van der Waals surface area contributed by atoms with Crippen LogP contribution in [0, 0.1) is 12.3 Å². The molecular weight excluding hydrogens is 913 g/mol. The second kappa shape index (κ2) is 22.5. The summed E-state index contributed by atoms with van der Waals surface area (Å²) in [4.78, 5) is 72.7. The van der Waals surface area contributed by atoms with Crippen LogP contribution in [0.3, 0.4) is 0 Å². The Morgan fingerprint density at radius 3 is 2.46 bits per heavy atom. The highest BCUT2D eigenvalue weighted by atomic mass is 32.1. The number of amides is 4. The van der Waals surface area contributed by atoms with Gasteiger partial charge < -0.3 is 45.3 Å². The van der Waals surface area contributed by atoms with E-state index in [-0.39, 0.29) is 56.7 Å². The maximum atomic E-state index is 14.0. The lowest BCUT2D eigenvalue weighted by atomic mass is 9.85. The molecule has 19 nitrogen and oxygen atoms in total. The minimum Gasteiger partial charge on any atom is -0.495 e. The number of rotatable bonds is 20. The number of likely N-dealkylation sites (tertiary alicyclic amines) is 1. The van der Waals surface area contributed by atoms with Gasteiger partial charge in [0.05, 0.1) is 60.9 Å². The van der Waals surface area contributed by atoms with E-state index in [0.717, 1.165) is 58.3 Å². The number of benzene rings is 2. The Labute approximate surface area is 412 Å². The van der Waals surface area contributed by atoms with Crippen LogP contribution < -0.4 is 30.9 Å². The van der Waals surface area contributed by atoms with E-state index in [1.165, 1.54) is 12.8 Å². The van der Waals surface area contributed by atoms with Gasteiger partial charge in [0.15, 0.2) is 11.6 Å². The number of hydrogen-bond donors (Lipinski definition) is 4. The van der Waals surface area contributed by atoms with Gasteiger partial charge in [-0.05, 0) is 73.8 Å². The smallest absolute Gasteiger partial charge is 0.251 e. The first-order valence-electron chi connectivity index (χ1n) is 24.2. The van der Waals surface area contributed by atoms with Crippen LogP contribution in [0.4, 0.5) is 17.5 Å². The number of thiazole rings is 1. The third kappa shape index (κ3) is 11.4. The van der Waals surface area contributed by atoms with Gasteiger partial charge in [0.2, 0.25) is 23.7 Å². The van der Waals surface area contributed by atoms with Crippen molar-refractivity contribution in [2.45, 2.75) is 110 Å². The normalized spacial score (nSPS) is 17.2. The van der Waals surface area contributed by atoms with Crippen LogP contribution in [-0.4, -0.2) is 123 Å². The summed E-state index contributed by atoms with van der Waals surface area (Å²) in [5, 5.41) is 20.7. The van der Waals surface area contributed by atoms with Crippen LogP contribution in [0.25, 0.3) is 16.1 Å². The quantitative estimate of drug-likeness (QED) is 0.0653. The molecule has 70 heavy (non-hydrogen) atoms. The second-order valence-electron chi connectivity index (χ2n) is 18.9. The summed E-state index contributed by atoms with van der Waals surface area (Å²) in [6, 6.07) is 12.0. The first-order valence-corrected chi connectivity index (χ1v) is 25.0. The Morgan fingerprint density at radius 1 is 0.943 bits per heavy atom. The second-order valence-corrected chi connectivity index (χ2v) is 19.8. The average molecular weight is 977 g/mol. The molecule has 0 spiro atoms. The van der Waals surface area contributed by atoms with Crippen molar-refractivity contribution in [1.29, 1.82) is 0 Å². The molecule has 4 N–H and O–H groups in total. The fourth-order valence-corrected chi connectivity index (χ4v) is 10.3. The molecule has 0 unspecified atom stereocenters. The number of aromatic nitrogens is 6. The molecule has 4 amide bonds. The Morgan fingerprint density at radius 2 is 1.73 bits per heavy atom. The highest BCUT2D eigenvalue weighted by Gasteiger charge is 2.42. The Balaban J connectivity index is 0.753. The van der Waals surface area contributed by atoms with Crippen molar-refractivity contribution in [2.24, 2.45) is 5.41 Å². The predicted octanol–water partition coefficient (Wildman–Crippen LogP) is 6.06. The highest BCUT2D eigenvalue weighted by molar-refractivity contribution is 7.13. The largest absolute Gasteiger partial charge is 0.495 e. The highest BCUT2D eigenvalue weighted by Crippen LogP contribution is 2.43. The lowest BCUT2D eigenvalue weighted by molar-refractivity contribution is -0.144. The molecule has 0 bridgehead atoms. The fraction of sp³-hybridized carbons (Fsp3) is 0.500. The molecule has 2 aliphatic heterocycles. The maximum absolute atomic E-state index is 14.0. The molecule has 20 heteroatoms. The molecular formula is C50H64N12O7S. The SMILES string of the molecule is CC[C@@H]1c2nncn2-c2cnc(Nc3ccc(C(=O)NCCOCCOCC(=O)N[C@H](C(=O)N4CCC[C@H]4C(=O)NCc4ccc(-c5scnc5C)cc4)C(C)(C)C)cc3OC)nc2N1C1CCCC1. The van der Waals surface area contributed by atoms with Crippen LogP contribution in [0.5, 0.6) is 5.75 Å². The monoisotopic (exact) mass is 976 g/mol. The lowest BCUT2D eigenvalue weighted by Gasteiger charge is -2.40. The molecule has 8 rings (SSSR count). The number of methoxy groups -OCH3 is 1. The van der Waals surface area contributed by atoms with E-state index >= 15 is 0 Å². The van der Waals surface area contributed by atoms with E-state index in [4.69, 9.17) is 19.2 Å². The topological polar surface area (TPSA) is 220 Å². The van der Waals surface area contributed by atoms with Crippen LogP contribution >= 0.6 is 11.3 Å². The van der Waals surface area contributed by atoms with Crippen molar-refractivity contribution in [2.75, 3.05) is 56.8 Å². The van der Waals surface area contributed by atoms with Gasteiger partial charge in [-0.2, -0.15) is 4.98 Å². The van der Waals surface area contributed by atoms with Crippen molar-refractivity contribution in [3.63, 3.8) is 0 Å². The Bertz CT molecular complexity index is 2630. The zero-order chi connectivity index (χ0) is 49.4. The van der Waals surface area contributed by atoms with Crippen LogP contribution in [0.1, 0.15) is 106 Å². The van der Waals surface area contributed by atoms with Gasteiger partial charge in [0.25, 0.3) is 5.91 Å². The van der Waals surface area contributed by atoms with Crippen LogP contribution in [0.2, 0.25) is 0 Å². The van der Waals surface area contributed by atoms with Gasteiger partial charge in [-0.15, -0.1) is 21.5 Å². The molecule has 2 aromatic carbocycles. The first kappa shape index (κ1) is 49.9. The molecule has 372 valence electrons. The molecule has 1 saturated carbocycles. The zero-order valence-corrected chi connectivity index (χ0v) is 41.6. The molecule has 2 fully saturated rings. The molecule has 1 aliphatic carbocycles. The van der Waals surface area contributed by atoms with Gasteiger partial charge in [0, 0.05) is 31.2 Å². The molecule has 3 atom stereocenters. The van der Waals surface area contributed by atoms with Crippen molar-refractivity contribution >= 4 is 52.4 Å². The number of fused-ring (bicyclic) bond motifs is 3. The minimum atomic E-state index is -0.873. The predicted molar refractivity (Wildman–Crippen MR) is 265 cm³/mol. The van der Waals surface area contributed by atoms with Crippen LogP contribution in [-0.2, 0) is 30.4 Å². The number of hydrogen-bond acceptors (Lipinski definition) is 15. The number of carbonyl (C=O) groups excluding carboxylic acids is 4. The lowest BCUT2D eigenvalue weighted by Crippen LogP contribution is -2.58. The summed E-state index contributed by atoms with van der Waals surface area (Å²) >= 11 is 1.59. The molecule has 5 heterocycles. The molecule has 3 aliphatic rings. The standard InChI is InChI=1S/C50H64N12O7S/c1-7-37-45-59-55-29-61(45)39-27-53-49(58-44(39)62(37)35-11-8-9-12-35)56-36-19-18-34(25-40(36)67-6)46(64)51-20-22-68-23-24-69-28-41(63)57-43(50(3,4)5)48(66)60-21-10-13-38(60)47(65)52-26-32-14-16-33(17-15-32)42-31(2)54-30-70-42/h14-19,25,27,29-30,35,37-38,43H,7-13,20-24,26,28H2,1-6H3,(H,51,64)(H,52,65)(H,57,63)(H,53,56,58)/t37-,38+,43-/m1/s1. The number of nitrogens with one attached hydrogen (secondary N) is 4. The van der Waals surface area contributed by atoms with Gasteiger partial charge in [-0.1, -0.05) is 64.8 Å². The summed E-state index contributed by atoms with van der Waals surface area (Å²) in [6.45, 7) is 11.0. The number of carbonyl (C=O) groups is 4. The van der Waals surface area contributed by atoms with Gasteiger partial charge >= 0.3 is 0 Å². The van der Waals surface area contributed by atoms with Gasteiger partial charge in [-0.25, -0.2) is 9.97 Å². The van der Waals surface area contributed by atoms with Crippen molar-refractivity contribution < 1.29 is 33.4 Å². The summed E-state index contributed by atoms with van der Waals surface area (Å²) in [7, 11) is 1.54. The number of ether oxygens (including phenoxy) is 3. The van der Waals surface area contributed by atoms with E-state index in [2.05, 4.69) is 53.3 Å². The van der Waals surface area contributed by atoms with Crippen molar-refractivity contribution in [3.05, 3.63) is 83.1 Å². The Kier molecular flexibility index (Phi) is 16.0. The average Bonchev–Trinajstić information content (AvgIpc) is 4.22. The first-order chi connectivity index (χ1) is 33.8. The third-order valence-corrected chi connectivity index (χ3v) is 14.1. The molecule has 5 aromatic rings. The summed E-state index contributed by atoms with van der Waals surface area (Å²) in [5.41, 5.74) is 6.05. The van der Waals surface area contributed by atoms with Gasteiger partial charge in [0.1, 0.15) is 36.5 Å².